The van der Waals surface area contributed by atoms with Gasteiger partial charge in [-0.05, 0) is 29.1 Å². The van der Waals surface area contributed by atoms with Crippen molar-refractivity contribution in [3.8, 4) is 0 Å². The van der Waals surface area contributed by atoms with Crippen LogP contribution in [0.3, 0.4) is 0 Å². The molecule has 1 atom stereocenters. The topological polar surface area (TPSA) is 0 Å². The molecular weight excluding hydrogens is 156 g/mol. The minimum atomic E-state index is 0.441. The Kier molecular flexibility index (Phi) is 2.56. The molecule has 1 unspecified atom stereocenters. The number of rotatable bonds is 0. The second-order valence-electron chi connectivity index (χ2n) is 6.67. The van der Waals surface area contributed by atoms with Gasteiger partial charge in [0.15, 0.2) is 0 Å². The molecule has 0 heteroatoms. The van der Waals surface area contributed by atoms with Gasteiger partial charge >= 0.3 is 0 Å². The fourth-order valence-corrected chi connectivity index (χ4v) is 3.05. The lowest BCUT2D eigenvalue weighted by Crippen LogP contribution is -2.47. The maximum atomic E-state index is 2.49. The Morgan fingerprint density at radius 3 is 1.62 bits per heavy atom. The molecule has 0 radical (unpaired) electrons. The molecule has 0 aliphatic heterocycles. The SMILES string of the molecule is CC(C)(C)C1(C)CCCCC1(C)C. The fourth-order valence-electron chi connectivity index (χ4n) is 3.05. The molecule has 0 spiro atoms. The van der Waals surface area contributed by atoms with Gasteiger partial charge in [0.1, 0.15) is 0 Å². The lowest BCUT2D eigenvalue weighted by molar-refractivity contribution is -0.0614. The summed E-state index contributed by atoms with van der Waals surface area (Å²) in [5.74, 6) is 0. The maximum absolute atomic E-state index is 2.49. The smallest absolute Gasteiger partial charge is 0.0226 e. The van der Waals surface area contributed by atoms with Crippen molar-refractivity contribution >= 4 is 0 Å². The van der Waals surface area contributed by atoms with E-state index in [0.717, 1.165) is 0 Å². The highest BCUT2D eigenvalue weighted by molar-refractivity contribution is 4.99. The molecule has 0 aromatic heterocycles. The Morgan fingerprint density at radius 1 is 0.846 bits per heavy atom. The minimum absolute atomic E-state index is 0.441. The van der Waals surface area contributed by atoms with Crippen LogP contribution in [0.4, 0.5) is 0 Å². The summed E-state index contributed by atoms with van der Waals surface area (Å²) in [6.45, 7) is 14.6. The zero-order valence-corrected chi connectivity index (χ0v) is 10.3. The molecule has 0 bridgehead atoms. The molecule has 1 aliphatic carbocycles. The normalized spacial score (nSPS) is 34.6. The summed E-state index contributed by atoms with van der Waals surface area (Å²) in [6, 6.07) is 0. The van der Waals surface area contributed by atoms with E-state index >= 15 is 0 Å². The van der Waals surface area contributed by atoms with Crippen LogP contribution in [0.5, 0.6) is 0 Å². The van der Waals surface area contributed by atoms with E-state index in [0.29, 0.717) is 16.2 Å². The van der Waals surface area contributed by atoms with Gasteiger partial charge in [-0.1, -0.05) is 54.4 Å². The summed E-state index contributed by atoms with van der Waals surface area (Å²) in [5, 5.41) is 0. The highest BCUT2D eigenvalue weighted by Crippen LogP contribution is 2.58. The molecule has 1 aliphatic rings. The number of hydrogen-bond donors (Lipinski definition) is 0. The molecule has 1 fully saturated rings. The molecule has 0 aromatic carbocycles. The largest absolute Gasteiger partial charge is 0.0596 e. The fraction of sp³-hybridized carbons (Fsp3) is 1.00. The average molecular weight is 182 g/mol. The van der Waals surface area contributed by atoms with Gasteiger partial charge in [0.25, 0.3) is 0 Å². The van der Waals surface area contributed by atoms with Crippen LogP contribution in [0.1, 0.15) is 67.2 Å². The highest BCUT2D eigenvalue weighted by atomic mass is 14.5. The van der Waals surface area contributed by atoms with Gasteiger partial charge in [-0.3, -0.25) is 0 Å². The summed E-state index contributed by atoms with van der Waals surface area (Å²) in [7, 11) is 0. The van der Waals surface area contributed by atoms with Gasteiger partial charge in [-0.25, -0.2) is 0 Å². The first-order valence-corrected chi connectivity index (χ1v) is 5.71. The van der Waals surface area contributed by atoms with E-state index in [2.05, 4.69) is 41.5 Å². The maximum Gasteiger partial charge on any atom is -0.0226 e. The van der Waals surface area contributed by atoms with Crippen molar-refractivity contribution < 1.29 is 0 Å². The van der Waals surface area contributed by atoms with Crippen LogP contribution in [-0.4, -0.2) is 0 Å². The molecule has 0 nitrogen and oxygen atoms in total. The van der Waals surface area contributed by atoms with Crippen molar-refractivity contribution in [3.05, 3.63) is 0 Å². The van der Waals surface area contributed by atoms with Crippen LogP contribution in [-0.2, 0) is 0 Å². The Hall–Kier alpha value is 0. The van der Waals surface area contributed by atoms with Crippen molar-refractivity contribution in [2.45, 2.75) is 67.2 Å². The van der Waals surface area contributed by atoms with Crippen LogP contribution >= 0.6 is 0 Å². The zero-order valence-electron chi connectivity index (χ0n) is 10.3. The van der Waals surface area contributed by atoms with E-state index in [4.69, 9.17) is 0 Å². The quantitative estimate of drug-likeness (QED) is 0.512. The first-order valence-electron chi connectivity index (χ1n) is 5.71. The van der Waals surface area contributed by atoms with Gasteiger partial charge in [-0.15, -0.1) is 0 Å². The van der Waals surface area contributed by atoms with E-state index in [1.807, 2.05) is 0 Å². The Labute approximate surface area is 84.1 Å². The summed E-state index contributed by atoms with van der Waals surface area (Å²) in [6.07, 6.45) is 5.67. The molecular formula is C13H26. The van der Waals surface area contributed by atoms with Gasteiger partial charge in [-0.2, -0.15) is 0 Å². The number of hydrogen-bond acceptors (Lipinski definition) is 0. The van der Waals surface area contributed by atoms with Crippen molar-refractivity contribution in [3.63, 3.8) is 0 Å². The van der Waals surface area contributed by atoms with E-state index in [1.165, 1.54) is 25.7 Å². The second kappa shape index (κ2) is 3.00. The van der Waals surface area contributed by atoms with Gasteiger partial charge < -0.3 is 0 Å². The molecule has 1 saturated carbocycles. The second-order valence-corrected chi connectivity index (χ2v) is 6.67. The van der Waals surface area contributed by atoms with E-state index < -0.39 is 0 Å². The standard InChI is InChI=1S/C13H26/c1-11(2,3)13(6)10-8-7-9-12(13,4)5/h7-10H2,1-6H3. The van der Waals surface area contributed by atoms with Crippen molar-refractivity contribution in [2.24, 2.45) is 16.2 Å². The predicted octanol–water partition coefficient (Wildman–Crippen LogP) is 4.64. The third kappa shape index (κ3) is 1.65. The first kappa shape index (κ1) is 11.1. The van der Waals surface area contributed by atoms with Crippen LogP contribution in [0.2, 0.25) is 0 Å². The first-order chi connectivity index (χ1) is 5.71. The predicted molar refractivity (Wildman–Crippen MR) is 59.8 cm³/mol. The van der Waals surface area contributed by atoms with E-state index in [1.54, 1.807) is 0 Å². The van der Waals surface area contributed by atoms with Crippen LogP contribution in [0.15, 0.2) is 0 Å². The average Bonchev–Trinajstić information content (AvgIpc) is 1.93. The van der Waals surface area contributed by atoms with Crippen LogP contribution in [0, 0.1) is 16.2 Å². The van der Waals surface area contributed by atoms with Gasteiger partial charge in [0.2, 0.25) is 0 Å². The minimum Gasteiger partial charge on any atom is -0.0596 e. The zero-order chi connectivity index (χ0) is 10.3. The highest BCUT2D eigenvalue weighted by Gasteiger charge is 2.49. The summed E-state index contributed by atoms with van der Waals surface area (Å²) >= 11 is 0. The third-order valence-electron chi connectivity index (χ3n) is 4.88. The summed E-state index contributed by atoms with van der Waals surface area (Å²) in [4.78, 5) is 0. The molecule has 13 heavy (non-hydrogen) atoms. The van der Waals surface area contributed by atoms with Gasteiger partial charge in [0, 0.05) is 0 Å². The van der Waals surface area contributed by atoms with E-state index in [9.17, 15) is 0 Å². The van der Waals surface area contributed by atoms with Crippen LogP contribution < -0.4 is 0 Å². The lowest BCUT2D eigenvalue weighted by atomic mass is 9.49. The summed E-state index contributed by atoms with van der Waals surface area (Å²) in [5.41, 5.74) is 1.47. The Bertz CT molecular complexity index is 183. The van der Waals surface area contributed by atoms with Crippen molar-refractivity contribution in [1.82, 2.24) is 0 Å². The molecule has 1 rings (SSSR count). The molecule has 78 valence electrons. The molecule has 0 amide bonds. The van der Waals surface area contributed by atoms with Crippen molar-refractivity contribution in [2.75, 3.05) is 0 Å². The van der Waals surface area contributed by atoms with E-state index in [-0.39, 0.29) is 0 Å². The van der Waals surface area contributed by atoms with Gasteiger partial charge in [0.05, 0.1) is 0 Å². The molecule has 0 N–H and O–H groups in total. The Balaban J connectivity index is 2.98. The third-order valence-corrected chi connectivity index (χ3v) is 4.88. The Morgan fingerprint density at radius 2 is 1.31 bits per heavy atom. The molecule has 0 aromatic rings. The monoisotopic (exact) mass is 182 g/mol. The molecule has 0 heterocycles. The van der Waals surface area contributed by atoms with Crippen molar-refractivity contribution in [1.29, 1.82) is 0 Å². The lowest BCUT2D eigenvalue weighted by Gasteiger charge is -2.56. The molecule has 0 saturated heterocycles. The summed E-state index contributed by atoms with van der Waals surface area (Å²) < 4.78 is 0. The van der Waals surface area contributed by atoms with Crippen LogP contribution in [0.25, 0.3) is 0 Å².